The number of hydrogen-bond donors (Lipinski definition) is 2. The minimum Gasteiger partial charge on any atom is -0.497 e. The summed E-state index contributed by atoms with van der Waals surface area (Å²) in [6.45, 7) is 0.238. The molecule has 1 aliphatic carbocycles. The van der Waals surface area contributed by atoms with Crippen molar-refractivity contribution < 1.29 is 37.3 Å². The Morgan fingerprint density at radius 2 is 1.54 bits per heavy atom. The average Bonchev–Trinajstić information content (AvgIpc) is 3.89. The second kappa shape index (κ2) is 12.6. The van der Waals surface area contributed by atoms with Crippen LogP contribution < -0.4 is 29.6 Å². The highest BCUT2D eigenvalue weighted by Gasteiger charge is 2.56. The third kappa shape index (κ3) is 6.34. The van der Waals surface area contributed by atoms with Crippen molar-refractivity contribution >= 4 is 34.2 Å². The Balaban J connectivity index is 1.14. The molecule has 0 spiro atoms. The SMILES string of the molecule is COc1ccc(COc2cc3nccc(Oc4ncc(NC(=O)C5(C(=O)Nc6ccc(F)cc6)CC5)cc4F)c3nc2OC)cc1. The lowest BCUT2D eigenvalue weighted by atomic mass is 10.0. The number of carbonyl (C=O) groups excluding carboxylic acids is 2. The number of nitrogens with zero attached hydrogens (tertiary/aromatic N) is 3. The molecule has 0 radical (unpaired) electrons. The van der Waals surface area contributed by atoms with E-state index in [-0.39, 0.29) is 35.3 Å². The van der Waals surface area contributed by atoms with Crippen LogP contribution in [0.3, 0.4) is 0 Å². The van der Waals surface area contributed by atoms with E-state index in [1.165, 1.54) is 49.8 Å². The largest absolute Gasteiger partial charge is 0.497 e. The molecule has 6 rings (SSSR count). The molecule has 1 fully saturated rings. The molecule has 46 heavy (non-hydrogen) atoms. The van der Waals surface area contributed by atoms with Crippen LogP contribution >= 0.6 is 0 Å². The summed E-state index contributed by atoms with van der Waals surface area (Å²) in [5.74, 6) is -1.44. The van der Waals surface area contributed by atoms with Crippen LogP contribution in [0, 0.1) is 17.0 Å². The van der Waals surface area contributed by atoms with Gasteiger partial charge in [0.05, 0.1) is 31.6 Å². The van der Waals surface area contributed by atoms with Gasteiger partial charge in [-0.05, 0) is 54.8 Å². The van der Waals surface area contributed by atoms with Gasteiger partial charge in [0.15, 0.2) is 17.3 Å². The van der Waals surface area contributed by atoms with Crippen LogP contribution in [0.5, 0.6) is 29.0 Å². The van der Waals surface area contributed by atoms with Gasteiger partial charge in [-0.15, -0.1) is 0 Å². The summed E-state index contributed by atoms with van der Waals surface area (Å²) in [4.78, 5) is 38.7. The van der Waals surface area contributed by atoms with Gasteiger partial charge in [0.1, 0.15) is 29.1 Å². The monoisotopic (exact) mass is 627 g/mol. The number of fused-ring (bicyclic) bond motifs is 1. The van der Waals surface area contributed by atoms with Crippen LogP contribution in [0.2, 0.25) is 0 Å². The molecule has 2 N–H and O–H groups in total. The molecule has 3 aromatic heterocycles. The molecule has 0 aliphatic heterocycles. The standard InChI is InChI=1S/C33H27F2N5O6/c1-43-23-9-3-19(4-10-23)18-45-27-16-25-28(40-30(27)44-2)26(11-14-36-25)46-29-24(35)15-22(17-37-29)39-32(42)33(12-13-33)31(41)38-21-7-5-20(34)6-8-21/h3-11,14-17H,12-13,18H2,1-2H3,(H,38,41)(H,39,42). The number of anilines is 2. The lowest BCUT2D eigenvalue weighted by molar-refractivity contribution is -0.131. The van der Waals surface area contributed by atoms with Crippen molar-refractivity contribution in [2.24, 2.45) is 5.41 Å². The van der Waals surface area contributed by atoms with E-state index in [1.54, 1.807) is 13.2 Å². The third-order valence-electron chi connectivity index (χ3n) is 7.35. The zero-order valence-corrected chi connectivity index (χ0v) is 24.7. The molecule has 0 saturated heterocycles. The van der Waals surface area contributed by atoms with Gasteiger partial charge in [0.25, 0.3) is 11.8 Å². The van der Waals surface area contributed by atoms with E-state index in [1.807, 2.05) is 24.3 Å². The molecule has 2 amide bonds. The van der Waals surface area contributed by atoms with Gasteiger partial charge >= 0.3 is 0 Å². The van der Waals surface area contributed by atoms with Crippen LogP contribution in [0.25, 0.3) is 11.0 Å². The Morgan fingerprint density at radius 3 is 2.20 bits per heavy atom. The Hall–Kier alpha value is -5.85. The van der Waals surface area contributed by atoms with Gasteiger partial charge < -0.3 is 29.6 Å². The quantitative estimate of drug-likeness (QED) is 0.168. The first-order chi connectivity index (χ1) is 22.3. The summed E-state index contributed by atoms with van der Waals surface area (Å²) in [5, 5.41) is 5.18. The molecule has 11 nitrogen and oxygen atoms in total. The fraction of sp³-hybridized carbons (Fsp3) is 0.182. The summed E-state index contributed by atoms with van der Waals surface area (Å²) >= 11 is 0. The second-order valence-corrected chi connectivity index (χ2v) is 10.4. The van der Waals surface area contributed by atoms with Gasteiger partial charge in [-0.25, -0.2) is 18.7 Å². The van der Waals surface area contributed by atoms with Crippen molar-refractivity contribution in [3.05, 3.63) is 96.3 Å². The maximum atomic E-state index is 15.2. The smallest absolute Gasteiger partial charge is 0.257 e. The first-order valence-corrected chi connectivity index (χ1v) is 14.1. The Bertz CT molecular complexity index is 1920. The lowest BCUT2D eigenvalue weighted by Crippen LogP contribution is -2.35. The van der Waals surface area contributed by atoms with Gasteiger partial charge in [-0.1, -0.05) is 12.1 Å². The summed E-state index contributed by atoms with van der Waals surface area (Å²) in [6, 6.07) is 16.8. The van der Waals surface area contributed by atoms with Crippen molar-refractivity contribution in [3.8, 4) is 29.0 Å². The predicted molar refractivity (Wildman–Crippen MR) is 163 cm³/mol. The number of benzene rings is 2. The Kier molecular flexibility index (Phi) is 8.29. The molecule has 1 saturated carbocycles. The van der Waals surface area contributed by atoms with Gasteiger partial charge in [0, 0.05) is 30.1 Å². The zero-order chi connectivity index (χ0) is 32.3. The Labute approximate surface area is 261 Å². The van der Waals surface area contributed by atoms with E-state index in [0.29, 0.717) is 29.8 Å². The maximum absolute atomic E-state index is 15.2. The van der Waals surface area contributed by atoms with Crippen LogP contribution in [0.1, 0.15) is 18.4 Å². The summed E-state index contributed by atoms with van der Waals surface area (Å²) in [7, 11) is 3.03. The Morgan fingerprint density at radius 1 is 0.826 bits per heavy atom. The summed E-state index contributed by atoms with van der Waals surface area (Å²) < 4.78 is 50.7. The third-order valence-corrected chi connectivity index (χ3v) is 7.35. The van der Waals surface area contributed by atoms with Crippen LogP contribution in [-0.4, -0.2) is 41.0 Å². The molecular formula is C33H27F2N5O6. The highest BCUT2D eigenvalue weighted by molar-refractivity contribution is 6.16. The minimum absolute atomic E-state index is 0.0359. The van der Waals surface area contributed by atoms with E-state index >= 15 is 4.39 Å². The first kappa shape index (κ1) is 30.2. The maximum Gasteiger partial charge on any atom is 0.257 e. The van der Waals surface area contributed by atoms with Crippen LogP contribution in [0.4, 0.5) is 20.2 Å². The minimum atomic E-state index is -1.32. The average molecular weight is 628 g/mol. The van der Waals surface area contributed by atoms with E-state index in [4.69, 9.17) is 18.9 Å². The lowest BCUT2D eigenvalue weighted by Gasteiger charge is -2.16. The van der Waals surface area contributed by atoms with Crippen molar-refractivity contribution in [1.82, 2.24) is 15.0 Å². The number of methoxy groups -OCH3 is 2. The highest BCUT2D eigenvalue weighted by atomic mass is 19.1. The van der Waals surface area contributed by atoms with Crippen LogP contribution in [-0.2, 0) is 16.2 Å². The van der Waals surface area contributed by atoms with E-state index < -0.39 is 28.9 Å². The van der Waals surface area contributed by atoms with Crippen molar-refractivity contribution in [1.29, 1.82) is 0 Å². The van der Waals surface area contributed by atoms with E-state index in [2.05, 4.69) is 25.6 Å². The number of ether oxygens (including phenoxy) is 4. The molecule has 234 valence electrons. The number of aromatic nitrogens is 3. The van der Waals surface area contributed by atoms with Crippen molar-refractivity contribution in [2.45, 2.75) is 19.4 Å². The molecule has 0 unspecified atom stereocenters. The molecule has 0 atom stereocenters. The number of carbonyl (C=O) groups is 2. The number of pyridine rings is 3. The van der Waals surface area contributed by atoms with Crippen molar-refractivity contribution in [3.63, 3.8) is 0 Å². The van der Waals surface area contributed by atoms with E-state index in [0.717, 1.165) is 17.4 Å². The highest BCUT2D eigenvalue weighted by Crippen LogP contribution is 2.47. The summed E-state index contributed by atoms with van der Waals surface area (Å²) in [5.41, 5.74) is 0.646. The zero-order valence-electron chi connectivity index (χ0n) is 24.7. The number of halogens is 2. The fourth-order valence-electron chi connectivity index (χ4n) is 4.62. The molecule has 5 aromatic rings. The topological polar surface area (TPSA) is 134 Å². The number of nitrogens with one attached hydrogen (secondary N) is 2. The van der Waals surface area contributed by atoms with Gasteiger partial charge in [-0.2, -0.15) is 0 Å². The summed E-state index contributed by atoms with van der Waals surface area (Å²) in [6.07, 6.45) is 3.30. The van der Waals surface area contributed by atoms with Gasteiger partial charge in [0.2, 0.25) is 11.8 Å². The molecule has 3 heterocycles. The number of amides is 2. The first-order valence-electron chi connectivity index (χ1n) is 14.1. The van der Waals surface area contributed by atoms with Gasteiger partial charge in [-0.3, -0.25) is 14.6 Å². The number of rotatable bonds is 11. The van der Waals surface area contributed by atoms with Crippen molar-refractivity contribution in [2.75, 3.05) is 24.9 Å². The molecular weight excluding hydrogens is 600 g/mol. The molecule has 13 heteroatoms. The van der Waals surface area contributed by atoms with Crippen LogP contribution in [0.15, 0.2) is 79.1 Å². The fourth-order valence-corrected chi connectivity index (χ4v) is 4.62. The molecule has 1 aliphatic rings. The molecule has 2 aromatic carbocycles. The van der Waals surface area contributed by atoms with E-state index in [9.17, 15) is 14.0 Å². The normalized spacial score (nSPS) is 13.0. The second-order valence-electron chi connectivity index (χ2n) is 10.4. The number of hydrogen-bond acceptors (Lipinski definition) is 9. The predicted octanol–water partition coefficient (Wildman–Crippen LogP) is 6.05. The molecule has 0 bridgehead atoms.